The van der Waals surface area contributed by atoms with Crippen molar-refractivity contribution in [1.82, 2.24) is 14.5 Å². The zero-order chi connectivity index (χ0) is 14.3. The van der Waals surface area contributed by atoms with Gasteiger partial charge in [0.15, 0.2) is 5.82 Å². The van der Waals surface area contributed by atoms with Crippen molar-refractivity contribution in [3.63, 3.8) is 0 Å². The largest absolute Gasteiger partial charge is 0.365 e. The number of aryl methyl sites for hydroxylation is 2. The van der Waals surface area contributed by atoms with E-state index in [-0.39, 0.29) is 0 Å². The van der Waals surface area contributed by atoms with Gasteiger partial charge in [0, 0.05) is 6.20 Å². The van der Waals surface area contributed by atoms with Gasteiger partial charge in [0.2, 0.25) is 0 Å². The molecule has 2 aromatic heterocycles. The summed E-state index contributed by atoms with van der Waals surface area (Å²) >= 11 is 0. The number of hydrogen-bond donors (Lipinski definition) is 1. The number of fused-ring (bicyclic) bond motifs is 1. The van der Waals surface area contributed by atoms with Crippen LogP contribution in [0.15, 0.2) is 36.5 Å². The number of benzene rings is 1. The number of aromatic nitrogens is 3. The van der Waals surface area contributed by atoms with Crippen LogP contribution in [0.1, 0.15) is 21.7 Å². The Balaban J connectivity index is 2.40. The Morgan fingerprint density at radius 1 is 1.20 bits per heavy atom. The molecule has 1 amide bonds. The number of pyridine rings is 1. The number of imidazole rings is 1. The van der Waals surface area contributed by atoms with Crippen molar-refractivity contribution >= 4 is 16.9 Å². The highest BCUT2D eigenvalue weighted by atomic mass is 16.1. The van der Waals surface area contributed by atoms with Crippen LogP contribution in [0.25, 0.3) is 16.9 Å². The van der Waals surface area contributed by atoms with E-state index in [1.807, 2.05) is 42.7 Å². The number of hydrogen-bond acceptors (Lipinski definition) is 3. The molecule has 0 aliphatic carbocycles. The zero-order valence-electron chi connectivity index (χ0n) is 11.3. The maximum atomic E-state index is 11.7. The lowest BCUT2D eigenvalue weighted by Gasteiger charge is -2.11. The quantitative estimate of drug-likeness (QED) is 0.772. The standard InChI is InChI=1S/C15H14N4O/c1-9-7-8-17-15(13(9)14(16)20)19-10(2)18-11-5-3-4-6-12(11)19/h3-8H,1-2H3,(H2,16,20). The molecule has 20 heavy (non-hydrogen) atoms. The number of nitrogens with two attached hydrogens (primary N) is 1. The second kappa shape index (κ2) is 4.45. The predicted molar refractivity (Wildman–Crippen MR) is 76.9 cm³/mol. The molecule has 3 rings (SSSR count). The SMILES string of the molecule is Cc1ccnc(-n2c(C)nc3ccccc32)c1C(N)=O. The lowest BCUT2D eigenvalue weighted by Crippen LogP contribution is -2.18. The number of primary amides is 1. The van der Waals surface area contributed by atoms with E-state index in [0.717, 1.165) is 22.4 Å². The van der Waals surface area contributed by atoms with Gasteiger partial charge in [-0.05, 0) is 37.6 Å². The minimum absolute atomic E-state index is 0.429. The third-order valence-electron chi connectivity index (χ3n) is 3.33. The molecule has 0 aliphatic rings. The van der Waals surface area contributed by atoms with E-state index in [0.29, 0.717) is 11.4 Å². The van der Waals surface area contributed by atoms with E-state index in [2.05, 4.69) is 9.97 Å². The van der Waals surface area contributed by atoms with E-state index in [1.54, 1.807) is 12.3 Å². The molecular weight excluding hydrogens is 252 g/mol. The molecule has 0 radical (unpaired) electrons. The second-order valence-electron chi connectivity index (χ2n) is 4.67. The Morgan fingerprint density at radius 2 is 1.95 bits per heavy atom. The van der Waals surface area contributed by atoms with Crippen LogP contribution in [0.5, 0.6) is 0 Å². The molecule has 0 atom stereocenters. The van der Waals surface area contributed by atoms with Gasteiger partial charge in [0.25, 0.3) is 5.91 Å². The smallest absolute Gasteiger partial charge is 0.252 e. The molecule has 0 saturated carbocycles. The molecule has 0 unspecified atom stereocenters. The Kier molecular flexibility index (Phi) is 2.75. The number of rotatable bonds is 2. The Bertz CT molecular complexity index is 820. The molecule has 0 aliphatic heterocycles. The molecule has 100 valence electrons. The van der Waals surface area contributed by atoms with Crippen molar-refractivity contribution in [1.29, 1.82) is 0 Å². The van der Waals surface area contributed by atoms with Crippen LogP contribution >= 0.6 is 0 Å². The summed E-state index contributed by atoms with van der Waals surface area (Å²) < 4.78 is 1.86. The van der Waals surface area contributed by atoms with E-state index in [9.17, 15) is 4.79 Å². The summed E-state index contributed by atoms with van der Waals surface area (Å²) in [7, 11) is 0. The monoisotopic (exact) mass is 266 g/mol. The number of nitrogens with zero attached hydrogens (tertiary/aromatic N) is 3. The van der Waals surface area contributed by atoms with Crippen LogP contribution in [-0.2, 0) is 0 Å². The van der Waals surface area contributed by atoms with Gasteiger partial charge in [0.05, 0.1) is 16.6 Å². The second-order valence-corrected chi connectivity index (χ2v) is 4.67. The van der Waals surface area contributed by atoms with Crippen molar-refractivity contribution in [2.24, 2.45) is 5.73 Å². The first-order valence-electron chi connectivity index (χ1n) is 6.29. The van der Waals surface area contributed by atoms with Crippen molar-refractivity contribution in [3.8, 4) is 5.82 Å². The van der Waals surface area contributed by atoms with Gasteiger partial charge >= 0.3 is 0 Å². The average Bonchev–Trinajstić information content (AvgIpc) is 2.73. The Hall–Kier alpha value is -2.69. The number of amides is 1. The molecule has 1 aromatic carbocycles. The molecule has 2 N–H and O–H groups in total. The Labute approximate surface area is 116 Å². The lowest BCUT2D eigenvalue weighted by molar-refractivity contribution is 0.0999. The highest BCUT2D eigenvalue weighted by Crippen LogP contribution is 2.23. The summed E-state index contributed by atoms with van der Waals surface area (Å²) in [5.41, 5.74) is 8.51. The van der Waals surface area contributed by atoms with E-state index < -0.39 is 5.91 Å². The van der Waals surface area contributed by atoms with Crippen LogP contribution in [0.3, 0.4) is 0 Å². The van der Waals surface area contributed by atoms with Gasteiger partial charge in [0.1, 0.15) is 5.82 Å². The molecule has 0 fully saturated rings. The number of para-hydroxylation sites is 2. The van der Waals surface area contributed by atoms with Crippen LogP contribution < -0.4 is 5.73 Å². The summed E-state index contributed by atoms with van der Waals surface area (Å²) in [6.45, 7) is 3.73. The molecule has 3 aromatic rings. The van der Waals surface area contributed by atoms with Gasteiger partial charge in [-0.3, -0.25) is 9.36 Å². The first-order valence-corrected chi connectivity index (χ1v) is 6.29. The summed E-state index contributed by atoms with van der Waals surface area (Å²) in [5, 5.41) is 0. The number of carbonyl (C=O) groups excluding carboxylic acids is 1. The lowest BCUT2D eigenvalue weighted by atomic mass is 10.1. The van der Waals surface area contributed by atoms with Gasteiger partial charge in [-0.25, -0.2) is 9.97 Å². The maximum Gasteiger partial charge on any atom is 0.252 e. The first-order chi connectivity index (χ1) is 9.59. The minimum Gasteiger partial charge on any atom is -0.365 e. The third-order valence-corrected chi connectivity index (χ3v) is 3.33. The van der Waals surface area contributed by atoms with Crippen molar-refractivity contribution in [2.45, 2.75) is 13.8 Å². The molecular formula is C15H14N4O. The molecule has 0 spiro atoms. The summed E-state index contributed by atoms with van der Waals surface area (Å²) in [6, 6.07) is 9.51. The highest BCUT2D eigenvalue weighted by molar-refractivity contribution is 5.98. The van der Waals surface area contributed by atoms with Crippen molar-refractivity contribution < 1.29 is 4.79 Å². The van der Waals surface area contributed by atoms with Crippen LogP contribution in [0.4, 0.5) is 0 Å². The fraction of sp³-hybridized carbons (Fsp3) is 0.133. The topological polar surface area (TPSA) is 73.8 Å². The summed E-state index contributed by atoms with van der Waals surface area (Å²) in [6.07, 6.45) is 1.67. The highest BCUT2D eigenvalue weighted by Gasteiger charge is 2.18. The third kappa shape index (κ3) is 1.75. The maximum absolute atomic E-state index is 11.7. The fourth-order valence-corrected chi connectivity index (χ4v) is 2.43. The van der Waals surface area contributed by atoms with Gasteiger partial charge in [-0.15, -0.1) is 0 Å². The Morgan fingerprint density at radius 3 is 2.70 bits per heavy atom. The van der Waals surface area contributed by atoms with E-state index in [4.69, 9.17) is 5.73 Å². The molecule has 0 bridgehead atoms. The van der Waals surface area contributed by atoms with Gasteiger partial charge < -0.3 is 5.73 Å². The van der Waals surface area contributed by atoms with Crippen molar-refractivity contribution in [3.05, 3.63) is 53.5 Å². The molecule has 2 heterocycles. The number of carbonyl (C=O) groups is 1. The van der Waals surface area contributed by atoms with E-state index in [1.165, 1.54) is 0 Å². The van der Waals surface area contributed by atoms with Crippen molar-refractivity contribution in [2.75, 3.05) is 0 Å². The molecule has 5 heteroatoms. The predicted octanol–water partition coefficient (Wildman–Crippen LogP) is 2.14. The molecule has 5 nitrogen and oxygen atoms in total. The van der Waals surface area contributed by atoms with E-state index >= 15 is 0 Å². The van der Waals surface area contributed by atoms with Gasteiger partial charge in [-0.1, -0.05) is 12.1 Å². The zero-order valence-corrected chi connectivity index (χ0v) is 11.3. The van der Waals surface area contributed by atoms with Crippen LogP contribution in [-0.4, -0.2) is 20.4 Å². The summed E-state index contributed by atoms with van der Waals surface area (Å²) in [4.78, 5) is 20.6. The first kappa shape index (κ1) is 12.3. The average molecular weight is 266 g/mol. The van der Waals surface area contributed by atoms with Crippen LogP contribution in [0, 0.1) is 13.8 Å². The van der Waals surface area contributed by atoms with Crippen LogP contribution in [0.2, 0.25) is 0 Å². The fourth-order valence-electron chi connectivity index (χ4n) is 2.43. The minimum atomic E-state index is -0.484. The van der Waals surface area contributed by atoms with Gasteiger partial charge in [-0.2, -0.15) is 0 Å². The normalized spacial score (nSPS) is 10.9. The molecule has 0 saturated heterocycles. The summed E-state index contributed by atoms with van der Waals surface area (Å²) in [5.74, 6) is 0.818.